The van der Waals surface area contributed by atoms with Crippen LogP contribution in [0.4, 0.5) is 17.1 Å². The van der Waals surface area contributed by atoms with E-state index in [2.05, 4.69) is 114 Å². The number of rotatable bonds is 5. The van der Waals surface area contributed by atoms with Crippen LogP contribution in [0, 0.1) is 0 Å². The van der Waals surface area contributed by atoms with Crippen molar-refractivity contribution in [1.29, 1.82) is 0 Å². The highest BCUT2D eigenvalue weighted by Crippen LogP contribution is 2.43. The quantitative estimate of drug-likeness (QED) is 0.204. The molecular weight excluding hydrogens is 552 g/mol. The molecule has 7 aromatic carbocycles. The van der Waals surface area contributed by atoms with Crippen molar-refractivity contribution in [3.8, 4) is 22.6 Å². The van der Waals surface area contributed by atoms with Crippen LogP contribution in [-0.4, -0.2) is 4.98 Å². The molecule has 0 amide bonds. The molecule has 0 N–H and O–H groups in total. The second-order valence-corrected chi connectivity index (χ2v) is 11.2. The Kier molecular flexibility index (Phi) is 5.78. The van der Waals surface area contributed by atoms with Gasteiger partial charge in [-0.3, -0.25) is 0 Å². The number of oxazole rings is 1. The number of nitrogens with zero attached hydrogens (tertiary/aromatic N) is 2. The lowest BCUT2D eigenvalue weighted by atomic mass is 10.00. The van der Waals surface area contributed by atoms with E-state index < -0.39 is 0 Å². The Hall–Kier alpha value is -6.13. The first-order valence-corrected chi connectivity index (χ1v) is 15.0. The summed E-state index contributed by atoms with van der Waals surface area (Å²) < 4.78 is 12.8. The minimum absolute atomic E-state index is 0.601. The summed E-state index contributed by atoms with van der Waals surface area (Å²) >= 11 is 0. The van der Waals surface area contributed by atoms with Gasteiger partial charge in [0, 0.05) is 38.8 Å². The Bertz CT molecular complexity index is 2440. The Morgan fingerprint density at radius 1 is 0.422 bits per heavy atom. The van der Waals surface area contributed by atoms with E-state index in [0.29, 0.717) is 5.89 Å². The molecule has 0 spiro atoms. The van der Waals surface area contributed by atoms with Crippen LogP contribution in [-0.2, 0) is 0 Å². The van der Waals surface area contributed by atoms with Crippen molar-refractivity contribution in [2.45, 2.75) is 0 Å². The zero-order valence-corrected chi connectivity index (χ0v) is 24.2. The minimum atomic E-state index is 0.601. The smallest absolute Gasteiger partial charge is 0.227 e. The number of fused-ring (bicyclic) bond motifs is 6. The van der Waals surface area contributed by atoms with E-state index in [1.165, 1.54) is 11.1 Å². The van der Waals surface area contributed by atoms with E-state index in [1.807, 2.05) is 48.5 Å². The number of benzene rings is 7. The molecule has 45 heavy (non-hydrogen) atoms. The Morgan fingerprint density at radius 3 is 1.87 bits per heavy atom. The molecule has 0 aliphatic rings. The largest absolute Gasteiger partial charge is 0.455 e. The summed E-state index contributed by atoms with van der Waals surface area (Å²) in [6.07, 6.45) is 0. The van der Waals surface area contributed by atoms with Crippen molar-refractivity contribution in [3.63, 3.8) is 0 Å². The van der Waals surface area contributed by atoms with Gasteiger partial charge in [0.05, 0.1) is 0 Å². The Labute approximate surface area is 259 Å². The summed E-state index contributed by atoms with van der Waals surface area (Å²) in [5, 5.41) is 4.13. The van der Waals surface area contributed by atoms with E-state index in [1.54, 1.807) is 0 Å². The molecule has 2 heterocycles. The normalized spacial score (nSPS) is 11.6. The lowest BCUT2D eigenvalue weighted by Crippen LogP contribution is -2.09. The minimum Gasteiger partial charge on any atom is -0.455 e. The van der Waals surface area contributed by atoms with Crippen LogP contribution in [0.1, 0.15) is 0 Å². The average molecular weight is 579 g/mol. The first-order chi connectivity index (χ1) is 22.3. The molecule has 212 valence electrons. The van der Waals surface area contributed by atoms with Gasteiger partial charge < -0.3 is 13.7 Å². The van der Waals surface area contributed by atoms with E-state index in [9.17, 15) is 0 Å². The average Bonchev–Trinajstić information content (AvgIpc) is 3.71. The van der Waals surface area contributed by atoms with E-state index in [-0.39, 0.29) is 0 Å². The van der Waals surface area contributed by atoms with Crippen LogP contribution in [0.25, 0.3) is 66.4 Å². The van der Waals surface area contributed by atoms with Gasteiger partial charge in [0.2, 0.25) is 5.89 Å². The highest BCUT2D eigenvalue weighted by molar-refractivity contribution is 6.19. The zero-order valence-electron chi connectivity index (χ0n) is 24.2. The molecule has 4 heteroatoms. The van der Waals surface area contributed by atoms with E-state index >= 15 is 0 Å². The molecule has 0 aliphatic carbocycles. The number of hydrogen-bond acceptors (Lipinski definition) is 4. The molecule has 0 saturated heterocycles. The maximum Gasteiger partial charge on any atom is 0.227 e. The van der Waals surface area contributed by atoms with Gasteiger partial charge in [0.15, 0.2) is 5.58 Å². The van der Waals surface area contributed by atoms with Crippen LogP contribution in [0.15, 0.2) is 167 Å². The summed E-state index contributed by atoms with van der Waals surface area (Å²) in [6, 6.07) is 54.5. The van der Waals surface area contributed by atoms with Gasteiger partial charge in [-0.15, -0.1) is 0 Å². The van der Waals surface area contributed by atoms with E-state index in [0.717, 1.165) is 66.4 Å². The van der Waals surface area contributed by atoms with Gasteiger partial charge in [-0.2, -0.15) is 0 Å². The standard InChI is InChI=1S/C41H26N2O2/c1-3-11-27(12-4-1)28-19-21-30(22-20-28)43(29-13-5-2-6-14-29)31-23-24-38-34(25-31)35-26-36(32-15-7-8-16-33(32)40(35)44-38)41-42-37-17-9-10-18-39(37)45-41/h1-26H. The van der Waals surface area contributed by atoms with Gasteiger partial charge >= 0.3 is 0 Å². The molecule has 0 bridgehead atoms. The van der Waals surface area contributed by atoms with Gasteiger partial charge in [-0.1, -0.05) is 97.1 Å². The second kappa shape index (κ2) is 10.2. The van der Waals surface area contributed by atoms with Crippen molar-refractivity contribution in [3.05, 3.63) is 158 Å². The van der Waals surface area contributed by atoms with E-state index in [4.69, 9.17) is 13.8 Å². The molecule has 0 fully saturated rings. The van der Waals surface area contributed by atoms with Crippen molar-refractivity contribution < 1.29 is 8.83 Å². The summed E-state index contributed by atoms with van der Waals surface area (Å²) in [7, 11) is 0. The fraction of sp³-hybridized carbons (Fsp3) is 0. The summed E-state index contributed by atoms with van der Waals surface area (Å²) in [5.41, 5.74) is 9.82. The SMILES string of the molecule is c1ccc(-c2ccc(N(c3ccccc3)c3ccc4oc5c6ccccc6c(-c6nc7ccccc7o6)cc5c4c3)cc2)cc1. The molecule has 0 radical (unpaired) electrons. The number of anilines is 3. The monoisotopic (exact) mass is 578 g/mol. The van der Waals surface area contributed by atoms with Gasteiger partial charge in [-0.05, 0) is 77.2 Å². The number of furan rings is 1. The van der Waals surface area contributed by atoms with Gasteiger partial charge in [-0.25, -0.2) is 4.98 Å². The van der Waals surface area contributed by atoms with Crippen LogP contribution < -0.4 is 4.90 Å². The van der Waals surface area contributed by atoms with Crippen molar-refractivity contribution in [2.75, 3.05) is 4.90 Å². The topological polar surface area (TPSA) is 42.4 Å². The van der Waals surface area contributed by atoms with Crippen molar-refractivity contribution in [2.24, 2.45) is 0 Å². The summed E-state index contributed by atoms with van der Waals surface area (Å²) in [5.74, 6) is 0.601. The fourth-order valence-electron chi connectivity index (χ4n) is 6.35. The maximum atomic E-state index is 6.56. The highest BCUT2D eigenvalue weighted by Gasteiger charge is 2.20. The molecule has 2 aromatic heterocycles. The first-order valence-electron chi connectivity index (χ1n) is 15.0. The molecule has 4 nitrogen and oxygen atoms in total. The van der Waals surface area contributed by atoms with Crippen LogP contribution in [0.2, 0.25) is 0 Å². The Morgan fingerprint density at radius 2 is 1.07 bits per heavy atom. The molecular formula is C41H26N2O2. The third-order valence-electron chi connectivity index (χ3n) is 8.49. The summed E-state index contributed by atoms with van der Waals surface area (Å²) in [6.45, 7) is 0. The molecule has 0 atom stereocenters. The van der Waals surface area contributed by atoms with Gasteiger partial charge in [0.1, 0.15) is 16.7 Å². The lowest BCUT2D eigenvalue weighted by Gasteiger charge is -2.25. The van der Waals surface area contributed by atoms with Crippen molar-refractivity contribution >= 4 is 60.9 Å². The van der Waals surface area contributed by atoms with Crippen LogP contribution in [0.3, 0.4) is 0 Å². The number of para-hydroxylation sites is 3. The highest BCUT2D eigenvalue weighted by atomic mass is 16.3. The molecule has 9 rings (SSSR count). The lowest BCUT2D eigenvalue weighted by molar-refractivity contribution is 0.620. The first kappa shape index (κ1) is 25.4. The molecule has 9 aromatic rings. The van der Waals surface area contributed by atoms with Crippen LogP contribution in [0.5, 0.6) is 0 Å². The number of aromatic nitrogens is 1. The van der Waals surface area contributed by atoms with Gasteiger partial charge in [0.25, 0.3) is 0 Å². The summed E-state index contributed by atoms with van der Waals surface area (Å²) in [4.78, 5) is 7.14. The molecule has 0 saturated carbocycles. The predicted octanol–water partition coefficient (Wildman–Crippen LogP) is 11.7. The molecule has 0 unspecified atom stereocenters. The van der Waals surface area contributed by atoms with Crippen molar-refractivity contribution in [1.82, 2.24) is 4.98 Å². The Balaban J connectivity index is 1.24. The third kappa shape index (κ3) is 4.27. The van der Waals surface area contributed by atoms with Crippen LogP contribution >= 0.6 is 0 Å². The maximum absolute atomic E-state index is 6.56. The molecule has 0 aliphatic heterocycles. The second-order valence-electron chi connectivity index (χ2n) is 11.2. The number of hydrogen-bond donors (Lipinski definition) is 0. The third-order valence-corrected chi connectivity index (χ3v) is 8.49. The predicted molar refractivity (Wildman–Crippen MR) is 184 cm³/mol. The fourth-order valence-corrected chi connectivity index (χ4v) is 6.35. The zero-order chi connectivity index (χ0) is 29.7.